The number of hydrogen-bond donors (Lipinski definition) is 2. The van der Waals surface area contributed by atoms with E-state index in [1.54, 1.807) is 0 Å². The van der Waals surface area contributed by atoms with Gasteiger partial charge >= 0.3 is 12.0 Å². The van der Waals surface area contributed by atoms with Crippen LogP contribution in [-0.4, -0.2) is 40.6 Å². The molecule has 0 aromatic heterocycles. The molecule has 0 radical (unpaired) electrons. The van der Waals surface area contributed by atoms with E-state index in [1.807, 2.05) is 13.8 Å². The lowest BCUT2D eigenvalue weighted by atomic mass is 9.89. The minimum atomic E-state index is -0.932. The number of amides is 2. The van der Waals surface area contributed by atoms with Gasteiger partial charge in [-0.1, -0.05) is 13.3 Å². The summed E-state index contributed by atoms with van der Waals surface area (Å²) in [6, 6.07) is -1.20. The third-order valence-corrected chi connectivity index (χ3v) is 3.63. The molecule has 1 aliphatic rings. The van der Waals surface area contributed by atoms with Gasteiger partial charge in [-0.3, -0.25) is 0 Å². The molecule has 1 fully saturated rings. The van der Waals surface area contributed by atoms with Crippen LogP contribution in [0.25, 0.3) is 0 Å². The smallest absolute Gasteiger partial charge is 0.326 e. The van der Waals surface area contributed by atoms with Crippen molar-refractivity contribution in [1.29, 1.82) is 0 Å². The van der Waals surface area contributed by atoms with Crippen LogP contribution in [-0.2, 0) is 4.79 Å². The standard InChI is InChI=1S/C14H22N2O3/c1-4-6-10(3)15-14(19)16-8-7-11(5-2)9-12(16)13(17)18/h1,10-12H,5-9H2,2-3H3,(H,15,19)(H,17,18). The summed E-state index contributed by atoms with van der Waals surface area (Å²) in [7, 11) is 0. The maximum absolute atomic E-state index is 12.1. The van der Waals surface area contributed by atoms with Crippen molar-refractivity contribution >= 4 is 12.0 Å². The number of urea groups is 1. The average molecular weight is 266 g/mol. The van der Waals surface area contributed by atoms with Gasteiger partial charge in [0.05, 0.1) is 0 Å². The Labute approximate surface area is 114 Å². The van der Waals surface area contributed by atoms with E-state index in [1.165, 1.54) is 4.90 Å². The highest BCUT2D eigenvalue weighted by atomic mass is 16.4. The maximum Gasteiger partial charge on any atom is 0.326 e. The highest BCUT2D eigenvalue weighted by Gasteiger charge is 2.35. The first-order valence-electron chi connectivity index (χ1n) is 6.73. The summed E-state index contributed by atoms with van der Waals surface area (Å²) in [5.74, 6) is 1.93. The molecule has 5 heteroatoms. The van der Waals surface area contributed by atoms with Gasteiger partial charge in [-0.15, -0.1) is 12.3 Å². The number of piperidine rings is 1. The Morgan fingerprint density at radius 1 is 1.58 bits per heavy atom. The van der Waals surface area contributed by atoms with Gasteiger partial charge in [-0.2, -0.15) is 0 Å². The molecule has 106 valence electrons. The lowest BCUT2D eigenvalue weighted by Gasteiger charge is -2.37. The van der Waals surface area contributed by atoms with Gasteiger partial charge in [0.1, 0.15) is 6.04 Å². The first-order valence-corrected chi connectivity index (χ1v) is 6.73. The van der Waals surface area contributed by atoms with Crippen LogP contribution in [0.2, 0.25) is 0 Å². The van der Waals surface area contributed by atoms with Crippen LogP contribution in [0.15, 0.2) is 0 Å². The molecular formula is C14H22N2O3. The Balaban J connectivity index is 2.66. The molecule has 19 heavy (non-hydrogen) atoms. The molecule has 3 atom stereocenters. The summed E-state index contributed by atoms with van der Waals surface area (Å²) < 4.78 is 0. The molecular weight excluding hydrogens is 244 g/mol. The molecule has 1 heterocycles. The number of likely N-dealkylation sites (tertiary alicyclic amines) is 1. The van der Waals surface area contributed by atoms with Crippen molar-refractivity contribution in [2.45, 2.75) is 51.6 Å². The SMILES string of the molecule is C#CCC(C)NC(=O)N1CCC(CC)CC1C(=O)O. The summed E-state index contributed by atoms with van der Waals surface area (Å²) >= 11 is 0. The fourth-order valence-corrected chi connectivity index (χ4v) is 2.41. The first-order chi connectivity index (χ1) is 8.99. The third-order valence-electron chi connectivity index (χ3n) is 3.63. The van der Waals surface area contributed by atoms with Crippen LogP contribution in [0.1, 0.15) is 39.5 Å². The molecule has 2 amide bonds. The Hall–Kier alpha value is -1.70. The second-order valence-electron chi connectivity index (χ2n) is 5.10. The number of carbonyl (C=O) groups is 2. The minimum absolute atomic E-state index is 0.143. The van der Waals surface area contributed by atoms with E-state index in [-0.39, 0.29) is 12.1 Å². The van der Waals surface area contributed by atoms with E-state index in [0.29, 0.717) is 25.3 Å². The normalized spacial score (nSPS) is 24.4. The molecule has 0 spiro atoms. The zero-order chi connectivity index (χ0) is 14.4. The number of rotatable bonds is 4. The highest BCUT2D eigenvalue weighted by Crippen LogP contribution is 2.25. The van der Waals surface area contributed by atoms with E-state index in [0.717, 1.165) is 12.8 Å². The molecule has 0 aromatic carbocycles. The van der Waals surface area contributed by atoms with Crippen molar-refractivity contribution < 1.29 is 14.7 Å². The number of carboxylic acids is 1. The summed E-state index contributed by atoms with van der Waals surface area (Å²) in [5, 5.41) is 12.0. The van der Waals surface area contributed by atoms with Gasteiger partial charge in [0.25, 0.3) is 0 Å². The number of aliphatic carboxylic acids is 1. The van der Waals surface area contributed by atoms with Gasteiger partial charge in [-0.05, 0) is 25.7 Å². The zero-order valence-electron chi connectivity index (χ0n) is 11.6. The summed E-state index contributed by atoms with van der Waals surface area (Å²) in [5.41, 5.74) is 0. The fraction of sp³-hybridized carbons (Fsp3) is 0.714. The number of nitrogens with one attached hydrogen (secondary N) is 1. The van der Waals surface area contributed by atoms with Crippen molar-refractivity contribution in [1.82, 2.24) is 10.2 Å². The Morgan fingerprint density at radius 2 is 2.26 bits per heavy atom. The third kappa shape index (κ3) is 4.16. The summed E-state index contributed by atoms with van der Waals surface area (Å²) in [4.78, 5) is 24.8. The second kappa shape index (κ2) is 7.03. The van der Waals surface area contributed by atoms with Gasteiger partial charge < -0.3 is 15.3 Å². The van der Waals surface area contributed by atoms with Crippen LogP contribution in [0.3, 0.4) is 0 Å². The van der Waals surface area contributed by atoms with Gasteiger partial charge in [0, 0.05) is 19.0 Å². The average Bonchev–Trinajstić information content (AvgIpc) is 2.38. The lowest BCUT2D eigenvalue weighted by Crippen LogP contribution is -2.54. The van der Waals surface area contributed by atoms with Crippen LogP contribution in [0.5, 0.6) is 0 Å². The molecule has 2 N–H and O–H groups in total. The minimum Gasteiger partial charge on any atom is -0.480 e. The molecule has 0 aliphatic carbocycles. The van der Waals surface area contributed by atoms with E-state index in [9.17, 15) is 14.7 Å². The van der Waals surface area contributed by atoms with Crippen molar-refractivity contribution in [3.63, 3.8) is 0 Å². The molecule has 3 unspecified atom stereocenters. The number of carbonyl (C=O) groups excluding carboxylic acids is 1. The first kappa shape index (κ1) is 15.4. The number of carboxylic acid groups (broad SMARTS) is 1. The molecule has 5 nitrogen and oxygen atoms in total. The van der Waals surface area contributed by atoms with Crippen molar-refractivity contribution in [2.75, 3.05) is 6.54 Å². The van der Waals surface area contributed by atoms with E-state index in [4.69, 9.17) is 6.42 Å². The summed E-state index contributed by atoms with van der Waals surface area (Å²) in [6.07, 6.45) is 7.97. The quantitative estimate of drug-likeness (QED) is 0.761. The van der Waals surface area contributed by atoms with E-state index in [2.05, 4.69) is 11.2 Å². The molecule has 1 rings (SSSR count). The van der Waals surface area contributed by atoms with Crippen LogP contribution >= 0.6 is 0 Å². The molecule has 0 bridgehead atoms. The molecule has 0 aromatic rings. The topological polar surface area (TPSA) is 69.6 Å². The Kier molecular flexibility index (Phi) is 5.68. The van der Waals surface area contributed by atoms with Gasteiger partial charge in [-0.25, -0.2) is 9.59 Å². The second-order valence-corrected chi connectivity index (χ2v) is 5.10. The predicted molar refractivity (Wildman–Crippen MR) is 72.6 cm³/mol. The fourth-order valence-electron chi connectivity index (χ4n) is 2.41. The van der Waals surface area contributed by atoms with E-state index < -0.39 is 12.0 Å². The van der Waals surface area contributed by atoms with Crippen molar-refractivity contribution in [3.05, 3.63) is 0 Å². The van der Waals surface area contributed by atoms with Gasteiger partial charge in [0.2, 0.25) is 0 Å². The number of hydrogen-bond acceptors (Lipinski definition) is 2. The Bertz CT molecular complexity index is 375. The zero-order valence-corrected chi connectivity index (χ0v) is 11.6. The van der Waals surface area contributed by atoms with Crippen LogP contribution < -0.4 is 5.32 Å². The largest absolute Gasteiger partial charge is 0.480 e. The highest BCUT2D eigenvalue weighted by molar-refractivity contribution is 5.83. The van der Waals surface area contributed by atoms with E-state index >= 15 is 0 Å². The monoisotopic (exact) mass is 266 g/mol. The Morgan fingerprint density at radius 3 is 2.79 bits per heavy atom. The van der Waals surface area contributed by atoms with Crippen LogP contribution in [0, 0.1) is 18.3 Å². The van der Waals surface area contributed by atoms with Crippen molar-refractivity contribution in [2.24, 2.45) is 5.92 Å². The summed E-state index contributed by atoms with van der Waals surface area (Å²) in [6.45, 7) is 4.35. The molecule has 1 saturated heterocycles. The maximum atomic E-state index is 12.1. The van der Waals surface area contributed by atoms with Crippen molar-refractivity contribution in [3.8, 4) is 12.3 Å². The van der Waals surface area contributed by atoms with Gasteiger partial charge in [0.15, 0.2) is 0 Å². The molecule has 1 aliphatic heterocycles. The molecule has 0 saturated carbocycles. The van der Waals surface area contributed by atoms with Crippen LogP contribution in [0.4, 0.5) is 4.79 Å². The number of nitrogens with zero attached hydrogens (tertiary/aromatic N) is 1. The number of terminal acetylenes is 1. The predicted octanol–water partition coefficient (Wildman–Crippen LogP) is 1.68. The lowest BCUT2D eigenvalue weighted by molar-refractivity contribution is -0.144.